The molecule has 0 aromatic heterocycles. The van der Waals surface area contributed by atoms with E-state index in [0.717, 1.165) is 0 Å². The number of hydrogen-bond acceptors (Lipinski definition) is 4. The Kier molecular flexibility index (Phi) is 12.5. The first kappa shape index (κ1) is 20.1. The molecule has 1 saturated heterocycles. The minimum Gasteiger partial charge on any atom is -0.483 e. The van der Waals surface area contributed by atoms with Crippen LogP contribution in [0, 0.1) is 5.41 Å². The van der Waals surface area contributed by atoms with E-state index >= 15 is 0 Å². The lowest BCUT2D eigenvalue weighted by molar-refractivity contribution is -0.135. The number of Topliss-reactive ketones (excluding diaryl/α,β-unsaturated/α-hetero) is 1. The third-order valence-electron chi connectivity index (χ3n) is 3.24. The molecule has 0 unspecified atom stereocenters. The summed E-state index contributed by atoms with van der Waals surface area (Å²) in [5, 5.41) is 6.89. The molecule has 5 heteroatoms. The van der Waals surface area contributed by atoms with Crippen molar-refractivity contribution in [2.45, 2.75) is 46.5 Å². The summed E-state index contributed by atoms with van der Waals surface area (Å²) < 4.78 is 0. The smallest absolute Gasteiger partial charge is 0.290 e. The van der Waals surface area contributed by atoms with Crippen LogP contribution in [0.4, 0.5) is 0 Å². The highest BCUT2D eigenvalue weighted by molar-refractivity contribution is 6.27. The molecule has 1 N–H and O–H groups in total. The van der Waals surface area contributed by atoms with Gasteiger partial charge in [-0.2, -0.15) is 0 Å². The zero-order valence-corrected chi connectivity index (χ0v) is 12.5. The first-order valence-corrected chi connectivity index (χ1v) is 6.61. The number of piperidine rings is 1. The number of likely N-dealkylation sites (tertiary alicyclic amines) is 1. The maximum atomic E-state index is 10.7. The lowest BCUT2D eigenvalue weighted by atomic mass is 9.86. The fourth-order valence-corrected chi connectivity index (χ4v) is 1.39. The second-order valence-electron chi connectivity index (χ2n) is 5.19. The molecule has 0 bridgehead atoms. The van der Waals surface area contributed by atoms with Crippen LogP contribution >= 0.6 is 0 Å². The van der Waals surface area contributed by atoms with Gasteiger partial charge in [0.1, 0.15) is 0 Å². The highest BCUT2D eigenvalue weighted by atomic mass is 16.3. The molecular formula is C14H27NO4. The third kappa shape index (κ3) is 11.6. The van der Waals surface area contributed by atoms with Crippen LogP contribution in [0.15, 0.2) is 0 Å². The van der Waals surface area contributed by atoms with Crippen LogP contribution in [0.3, 0.4) is 0 Å². The summed E-state index contributed by atoms with van der Waals surface area (Å²) in [5.74, 6) is -0.315. The molecule has 1 aliphatic heterocycles. The highest BCUT2D eigenvalue weighted by Gasteiger charge is 2.23. The van der Waals surface area contributed by atoms with E-state index in [1.54, 1.807) is 13.8 Å². The van der Waals surface area contributed by atoms with Gasteiger partial charge in [-0.25, -0.2) is 0 Å². The summed E-state index contributed by atoms with van der Waals surface area (Å²) in [5.41, 5.74) is -0.457. The molecule has 112 valence electrons. The van der Waals surface area contributed by atoms with Crippen molar-refractivity contribution in [2.75, 3.05) is 20.1 Å². The van der Waals surface area contributed by atoms with Gasteiger partial charge in [-0.1, -0.05) is 27.2 Å². The topological polar surface area (TPSA) is 74.7 Å². The van der Waals surface area contributed by atoms with Gasteiger partial charge in [-0.05, 0) is 39.4 Å². The first-order chi connectivity index (χ1) is 8.85. The van der Waals surface area contributed by atoms with Gasteiger partial charge in [0.05, 0.1) is 0 Å². The van der Waals surface area contributed by atoms with Gasteiger partial charge in [-0.15, -0.1) is 0 Å². The second kappa shape index (κ2) is 11.8. The van der Waals surface area contributed by atoms with Crippen molar-refractivity contribution in [3.05, 3.63) is 0 Å². The standard InChI is InChI=1S/C7H12O2.C6H13N.CH2O2/c1-4-7(2,3)6(9)5-8;1-7-5-3-2-4-6-7;2-1-3/h5H,4H2,1-3H3;2-6H2,1H3;1H,(H,2,3). The van der Waals surface area contributed by atoms with E-state index in [1.165, 1.54) is 32.4 Å². The Hall–Kier alpha value is -1.23. The first-order valence-electron chi connectivity index (χ1n) is 6.61. The largest absolute Gasteiger partial charge is 0.483 e. The van der Waals surface area contributed by atoms with Crippen molar-refractivity contribution in [2.24, 2.45) is 5.41 Å². The Bertz CT molecular complexity index is 258. The minimum atomic E-state index is -0.457. The predicted molar refractivity (Wildman–Crippen MR) is 75.2 cm³/mol. The Labute approximate surface area is 116 Å². The van der Waals surface area contributed by atoms with Gasteiger partial charge in [0.2, 0.25) is 5.78 Å². The van der Waals surface area contributed by atoms with E-state index in [4.69, 9.17) is 9.90 Å². The molecule has 0 aromatic rings. The molecule has 0 aromatic carbocycles. The fourth-order valence-electron chi connectivity index (χ4n) is 1.39. The van der Waals surface area contributed by atoms with E-state index in [0.29, 0.717) is 12.7 Å². The van der Waals surface area contributed by atoms with Crippen LogP contribution in [0.2, 0.25) is 0 Å². The molecule has 1 aliphatic rings. The molecule has 19 heavy (non-hydrogen) atoms. The lowest BCUT2D eigenvalue weighted by Crippen LogP contribution is -2.24. The minimum absolute atomic E-state index is 0.250. The molecule has 0 saturated carbocycles. The SMILES string of the molecule is CCC(C)(C)C(=O)C=O.CN1CCCCC1.O=CO. The van der Waals surface area contributed by atoms with Crippen LogP contribution in [-0.2, 0) is 14.4 Å². The Balaban J connectivity index is 0. The molecule has 0 spiro atoms. The van der Waals surface area contributed by atoms with Crippen molar-refractivity contribution in [3.8, 4) is 0 Å². The summed E-state index contributed by atoms with van der Waals surface area (Å²) in [7, 11) is 2.19. The van der Waals surface area contributed by atoms with Crippen molar-refractivity contribution < 1.29 is 19.5 Å². The van der Waals surface area contributed by atoms with Gasteiger partial charge in [0, 0.05) is 5.41 Å². The maximum Gasteiger partial charge on any atom is 0.290 e. The number of rotatable bonds is 3. The molecule has 0 aliphatic carbocycles. The highest BCUT2D eigenvalue weighted by Crippen LogP contribution is 2.19. The lowest BCUT2D eigenvalue weighted by Gasteiger charge is -2.20. The molecular weight excluding hydrogens is 246 g/mol. The number of carboxylic acid groups (broad SMARTS) is 1. The fraction of sp³-hybridized carbons (Fsp3) is 0.786. The normalized spacial score (nSPS) is 15.2. The van der Waals surface area contributed by atoms with Crippen LogP contribution in [0.1, 0.15) is 46.5 Å². The molecule has 1 rings (SSSR count). The van der Waals surface area contributed by atoms with Crippen molar-refractivity contribution in [1.29, 1.82) is 0 Å². The number of carbonyl (C=O) groups is 3. The average Bonchev–Trinajstić information content (AvgIpc) is 2.40. The van der Waals surface area contributed by atoms with Crippen LogP contribution in [0.5, 0.6) is 0 Å². The predicted octanol–water partition coefficient (Wildman–Crippen LogP) is 1.99. The number of hydrogen-bond donors (Lipinski definition) is 1. The second-order valence-corrected chi connectivity index (χ2v) is 5.19. The summed E-state index contributed by atoms with van der Waals surface area (Å²) >= 11 is 0. The van der Waals surface area contributed by atoms with Crippen LogP contribution in [0.25, 0.3) is 0 Å². The van der Waals surface area contributed by atoms with Gasteiger partial charge in [-0.3, -0.25) is 14.4 Å². The number of nitrogens with zero attached hydrogens (tertiary/aromatic N) is 1. The Morgan fingerprint density at radius 1 is 1.21 bits per heavy atom. The van der Waals surface area contributed by atoms with Crippen molar-refractivity contribution in [3.63, 3.8) is 0 Å². The Morgan fingerprint density at radius 2 is 1.63 bits per heavy atom. The van der Waals surface area contributed by atoms with Crippen molar-refractivity contribution >= 4 is 18.5 Å². The van der Waals surface area contributed by atoms with Gasteiger partial charge in [0.25, 0.3) is 6.47 Å². The third-order valence-corrected chi connectivity index (χ3v) is 3.24. The number of aldehydes is 1. The van der Waals surface area contributed by atoms with Crippen LogP contribution < -0.4 is 0 Å². The molecule has 1 fully saturated rings. The van der Waals surface area contributed by atoms with Gasteiger partial charge in [0.15, 0.2) is 6.29 Å². The maximum absolute atomic E-state index is 10.7. The molecule has 0 atom stereocenters. The summed E-state index contributed by atoms with van der Waals surface area (Å²) in [6, 6.07) is 0. The Morgan fingerprint density at radius 3 is 1.79 bits per heavy atom. The molecule has 1 heterocycles. The molecule has 0 radical (unpaired) electrons. The van der Waals surface area contributed by atoms with Gasteiger partial charge >= 0.3 is 0 Å². The van der Waals surface area contributed by atoms with Crippen LogP contribution in [-0.4, -0.2) is 48.7 Å². The quantitative estimate of drug-likeness (QED) is 0.628. The van der Waals surface area contributed by atoms with E-state index < -0.39 is 5.41 Å². The monoisotopic (exact) mass is 273 g/mol. The summed E-state index contributed by atoms with van der Waals surface area (Å²) in [6.07, 6.45) is 5.38. The number of carbonyl (C=O) groups excluding carboxylic acids is 2. The van der Waals surface area contributed by atoms with Gasteiger partial charge < -0.3 is 10.0 Å². The van der Waals surface area contributed by atoms with E-state index in [9.17, 15) is 9.59 Å². The number of ketones is 1. The van der Waals surface area contributed by atoms with Crippen molar-refractivity contribution in [1.82, 2.24) is 4.90 Å². The molecule has 0 amide bonds. The zero-order valence-electron chi connectivity index (χ0n) is 12.5. The summed E-state index contributed by atoms with van der Waals surface area (Å²) in [6.45, 7) is 7.81. The zero-order chi connectivity index (χ0) is 15.3. The molecule has 5 nitrogen and oxygen atoms in total. The summed E-state index contributed by atoms with van der Waals surface area (Å²) in [4.78, 5) is 31.4. The van der Waals surface area contributed by atoms with E-state index in [2.05, 4.69) is 11.9 Å². The van der Waals surface area contributed by atoms with E-state index in [1.807, 2.05) is 6.92 Å². The average molecular weight is 273 g/mol. The van der Waals surface area contributed by atoms with E-state index in [-0.39, 0.29) is 12.3 Å².